The van der Waals surface area contributed by atoms with Crippen LogP contribution < -0.4 is 4.74 Å². The first-order valence-corrected chi connectivity index (χ1v) is 8.57. The van der Waals surface area contributed by atoms with Crippen LogP contribution in [0.2, 0.25) is 0 Å². The number of benzene rings is 1. The second-order valence-corrected chi connectivity index (χ2v) is 7.11. The van der Waals surface area contributed by atoms with Crippen LogP contribution in [-0.2, 0) is 9.53 Å². The first kappa shape index (κ1) is 16.1. The molecule has 23 heavy (non-hydrogen) atoms. The van der Waals surface area contributed by atoms with Crippen molar-refractivity contribution in [3.63, 3.8) is 0 Å². The topological polar surface area (TPSA) is 35.5 Å². The van der Waals surface area contributed by atoms with E-state index in [-0.39, 0.29) is 5.97 Å². The third-order valence-corrected chi connectivity index (χ3v) is 6.00. The number of carbonyl (C=O) groups excluding carboxylic acids is 1. The van der Waals surface area contributed by atoms with Crippen molar-refractivity contribution in [1.29, 1.82) is 0 Å². The fourth-order valence-corrected chi connectivity index (χ4v) is 4.40. The van der Waals surface area contributed by atoms with Crippen molar-refractivity contribution < 1.29 is 14.3 Å². The Labute approximate surface area is 138 Å². The van der Waals surface area contributed by atoms with Crippen LogP contribution in [0.4, 0.5) is 0 Å². The van der Waals surface area contributed by atoms with Crippen molar-refractivity contribution in [1.82, 2.24) is 0 Å². The molecule has 2 fully saturated rings. The molecule has 0 aromatic heterocycles. The number of rotatable bonds is 5. The van der Waals surface area contributed by atoms with Gasteiger partial charge in [0, 0.05) is 6.08 Å². The van der Waals surface area contributed by atoms with Crippen LogP contribution in [0.1, 0.15) is 32.3 Å². The quantitative estimate of drug-likeness (QED) is 0.604. The minimum atomic E-state index is -0.246. The van der Waals surface area contributed by atoms with Crippen molar-refractivity contribution >= 4 is 12.0 Å². The standard InChI is InChI=1S/C20H26O3/c1-13-14(2)19-11-16(13)10-17(19)12-23-20(21)9-6-15-4-7-18(22-3)8-5-15/h4-9,13-14,16-17,19H,10-12H2,1-3H3. The molecule has 0 heterocycles. The summed E-state index contributed by atoms with van der Waals surface area (Å²) < 4.78 is 10.6. The van der Waals surface area contributed by atoms with Gasteiger partial charge in [-0.05, 0) is 66.2 Å². The third-order valence-electron chi connectivity index (χ3n) is 6.00. The lowest BCUT2D eigenvalue weighted by molar-refractivity contribution is -0.139. The van der Waals surface area contributed by atoms with Crippen LogP contribution in [0.25, 0.3) is 6.08 Å². The van der Waals surface area contributed by atoms with Gasteiger partial charge >= 0.3 is 5.97 Å². The SMILES string of the molecule is COc1ccc(C=CC(=O)OCC2CC3CC2C(C)C3C)cc1. The summed E-state index contributed by atoms with van der Waals surface area (Å²) in [6.07, 6.45) is 5.85. The van der Waals surface area contributed by atoms with Gasteiger partial charge in [-0.2, -0.15) is 0 Å². The van der Waals surface area contributed by atoms with E-state index in [9.17, 15) is 4.79 Å². The summed E-state index contributed by atoms with van der Waals surface area (Å²) in [7, 11) is 1.64. The molecule has 1 aromatic rings. The van der Waals surface area contributed by atoms with E-state index < -0.39 is 0 Å². The van der Waals surface area contributed by atoms with Gasteiger partial charge in [-0.3, -0.25) is 0 Å². The molecular formula is C20H26O3. The van der Waals surface area contributed by atoms with Crippen LogP contribution in [0.3, 0.4) is 0 Å². The maximum absolute atomic E-state index is 11.9. The van der Waals surface area contributed by atoms with Gasteiger partial charge in [-0.1, -0.05) is 26.0 Å². The molecule has 2 saturated carbocycles. The average Bonchev–Trinajstić information content (AvgIpc) is 3.11. The highest BCUT2D eigenvalue weighted by Gasteiger charge is 2.48. The monoisotopic (exact) mass is 314 g/mol. The van der Waals surface area contributed by atoms with E-state index >= 15 is 0 Å². The van der Waals surface area contributed by atoms with E-state index in [4.69, 9.17) is 9.47 Å². The normalized spacial score (nSPS) is 32.4. The largest absolute Gasteiger partial charge is 0.497 e. The molecule has 2 aliphatic carbocycles. The number of hydrogen-bond acceptors (Lipinski definition) is 3. The molecule has 1 aromatic carbocycles. The van der Waals surface area contributed by atoms with Gasteiger partial charge in [-0.25, -0.2) is 4.79 Å². The summed E-state index contributed by atoms with van der Waals surface area (Å²) in [5.74, 6) is 4.31. The summed E-state index contributed by atoms with van der Waals surface area (Å²) >= 11 is 0. The van der Waals surface area contributed by atoms with Gasteiger partial charge < -0.3 is 9.47 Å². The predicted octanol–water partition coefficient (Wildman–Crippen LogP) is 4.18. The first-order valence-electron chi connectivity index (χ1n) is 8.57. The van der Waals surface area contributed by atoms with E-state index in [1.54, 1.807) is 13.2 Å². The molecule has 3 rings (SSSR count). The highest BCUT2D eigenvalue weighted by Crippen LogP contribution is 2.54. The Morgan fingerprint density at radius 3 is 2.52 bits per heavy atom. The smallest absolute Gasteiger partial charge is 0.330 e. The molecular weight excluding hydrogens is 288 g/mol. The molecule has 5 atom stereocenters. The average molecular weight is 314 g/mol. The molecule has 2 bridgehead atoms. The predicted molar refractivity (Wildman–Crippen MR) is 91.0 cm³/mol. The molecule has 124 valence electrons. The Morgan fingerprint density at radius 2 is 1.91 bits per heavy atom. The molecule has 0 aliphatic heterocycles. The summed E-state index contributed by atoms with van der Waals surface area (Å²) in [5.41, 5.74) is 0.963. The molecule has 0 N–H and O–H groups in total. The van der Waals surface area contributed by atoms with E-state index in [1.807, 2.05) is 24.3 Å². The molecule has 0 spiro atoms. The third kappa shape index (κ3) is 3.44. The summed E-state index contributed by atoms with van der Waals surface area (Å²) in [6.45, 7) is 5.30. The van der Waals surface area contributed by atoms with Crippen LogP contribution >= 0.6 is 0 Å². The second kappa shape index (κ2) is 6.77. The van der Waals surface area contributed by atoms with Crippen LogP contribution in [0, 0.1) is 29.6 Å². The van der Waals surface area contributed by atoms with Crippen molar-refractivity contribution in [2.45, 2.75) is 26.7 Å². The van der Waals surface area contributed by atoms with E-state index in [1.165, 1.54) is 18.9 Å². The lowest BCUT2D eigenvalue weighted by atomic mass is 9.76. The Morgan fingerprint density at radius 1 is 1.17 bits per heavy atom. The second-order valence-electron chi connectivity index (χ2n) is 7.11. The van der Waals surface area contributed by atoms with Crippen LogP contribution in [0.15, 0.2) is 30.3 Å². The summed E-state index contributed by atoms with van der Waals surface area (Å²) in [6, 6.07) is 7.59. The minimum absolute atomic E-state index is 0.246. The molecule has 2 aliphatic rings. The van der Waals surface area contributed by atoms with E-state index in [0.717, 1.165) is 35.0 Å². The molecule has 5 unspecified atom stereocenters. The van der Waals surface area contributed by atoms with Gasteiger partial charge in [0.2, 0.25) is 0 Å². The zero-order chi connectivity index (χ0) is 16.4. The lowest BCUT2D eigenvalue weighted by Crippen LogP contribution is -2.28. The van der Waals surface area contributed by atoms with Crippen molar-refractivity contribution in [2.75, 3.05) is 13.7 Å². The zero-order valence-electron chi connectivity index (χ0n) is 14.2. The maximum atomic E-state index is 11.9. The van der Waals surface area contributed by atoms with Gasteiger partial charge in [-0.15, -0.1) is 0 Å². The molecule has 0 amide bonds. The Hall–Kier alpha value is -1.77. The van der Waals surface area contributed by atoms with Gasteiger partial charge in [0.25, 0.3) is 0 Å². The fraction of sp³-hybridized carbons (Fsp3) is 0.550. The summed E-state index contributed by atoms with van der Waals surface area (Å²) in [5, 5.41) is 0. The van der Waals surface area contributed by atoms with Crippen LogP contribution in [-0.4, -0.2) is 19.7 Å². The number of hydrogen-bond donors (Lipinski definition) is 0. The van der Waals surface area contributed by atoms with Crippen molar-refractivity contribution in [3.8, 4) is 5.75 Å². The molecule has 0 radical (unpaired) electrons. The summed E-state index contributed by atoms with van der Waals surface area (Å²) in [4.78, 5) is 11.9. The van der Waals surface area contributed by atoms with Gasteiger partial charge in [0.15, 0.2) is 0 Å². The molecule has 0 saturated heterocycles. The number of fused-ring (bicyclic) bond motifs is 2. The van der Waals surface area contributed by atoms with Gasteiger partial charge in [0.05, 0.1) is 13.7 Å². The van der Waals surface area contributed by atoms with E-state index in [0.29, 0.717) is 12.5 Å². The fourth-order valence-electron chi connectivity index (χ4n) is 4.40. The Balaban J connectivity index is 1.47. The van der Waals surface area contributed by atoms with Gasteiger partial charge in [0.1, 0.15) is 5.75 Å². The van der Waals surface area contributed by atoms with Crippen molar-refractivity contribution in [3.05, 3.63) is 35.9 Å². The number of ether oxygens (including phenoxy) is 2. The highest BCUT2D eigenvalue weighted by atomic mass is 16.5. The highest BCUT2D eigenvalue weighted by molar-refractivity contribution is 5.87. The Bertz CT molecular complexity index is 573. The van der Waals surface area contributed by atoms with E-state index in [2.05, 4.69) is 13.8 Å². The van der Waals surface area contributed by atoms with Crippen LogP contribution in [0.5, 0.6) is 5.75 Å². The minimum Gasteiger partial charge on any atom is -0.497 e. The van der Waals surface area contributed by atoms with Crippen molar-refractivity contribution in [2.24, 2.45) is 29.6 Å². The number of carbonyl (C=O) groups is 1. The first-order chi connectivity index (χ1) is 11.1. The number of esters is 1. The zero-order valence-corrected chi connectivity index (χ0v) is 14.2. The lowest BCUT2D eigenvalue weighted by Gasteiger charge is -2.31. The maximum Gasteiger partial charge on any atom is 0.330 e. The Kier molecular flexibility index (Phi) is 4.74. The molecule has 3 heteroatoms. The molecule has 3 nitrogen and oxygen atoms in total. The number of methoxy groups -OCH3 is 1.